The van der Waals surface area contributed by atoms with Crippen molar-refractivity contribution in [2.45, 2.75) is 50.9 Å². The van der Waals surface area contributed by atoms with E-state index in [9.17, 15) is 0 Å². The number of aromatic nitrogens is 2. The molecule has 2 saturated heterocycles. The van der Waals surface area contributed by atoms with Crippen LogP contribution in [0.1, 0.15) is 60.0 Å². The minimum Gasteiger partial charge on any atom is -0.348 e. The molecular weight excluding hydrogens is 396 g/mol. The van der Waals surface area contributed by atoms with Crippen LogP contribution in [-0.2, 0) is 13.1 Å². The standard InChI is InChI=1S/C26H32N6/c27-15-19-5-9-21(10-6-19)23-3-1-13-31(23)25-17-29-18-26(30-25)32-14-2-4-24(32)22-11-7-20(16-28)8-12-22/h5-12,17-18,23-24H,1-4,13-16,27-28H2. The normalized spacial score (nSPS) is 20.8. The average Bonchev–Trinajstić information content (AvgIpc) is 3.54. The Morgan fingerprint density at radius 2 is 1.12 bits per heavy atom. The van der Waals surface area contributed by atoms with Crippen LogP contribution in [0, 0.1) is 0 Å². The fourth-order valence-corrected chi connectivity index (χ4v) is 5.15. The zero-order valence-electron chi connectivity index (χ0n) is 18.5. The molecule has 1 aromatic heterocycles. The Kier molecular flexibility index (Phi) is 6.06. The van der Waals surface area contributed by atoms with Gasteiger partial charge in [0, 0.05) is 26.2 Å². The van der Waals surface area contributed by atoms with E-state index in [1.54, 1.807) is 0 Å². The van der Waals surface area contributed by atoms with Crippen molar-refractivity contribution in [2.75, 3.05) is 22.9 Å². The highest BCUT2D eigenvalue weighted by atomic mass is 15.3. The third kappa shape index (κ3) is 4.08. The number of benzene rings is 2. The van der Waals surface area contributed by atoms with E-state index >= 15 is 0 Å². The van der Waals surface area contributed by atoms with Gasteiger partial charge in [-0.15, -0.1) is 0 Å². The molecule has 0 spiro atoms. The molecule has 2 fully saturated rings. The van der Waals surface area contributed by atoms with Gasteiger partial charge in [0.2, 0.25) is 0 Å². The number of hydrogen-bond acceptors (Lipinski definition) is 6. The molecule has 2 aliphatic rings. The van der Waals surface area contributed by atoms with Crippen LogP contribution in [0.25, 0.3) is 0 Å². The summed E-state index contributed by atoms with van der Waals surface area (Å²) in [6.45, 7) is 3.17. The van der Waals surface area contributed by atoms with Gasteiger partial charge >= 0.3 is 0 Å². The van der Waals surface area contributed by atoms with Crippen molar-refractivity contribution < 1.29 is 0 Å². The molecule has 5 rings (SSSR count). The molecule has 0 radical (unpaired) electrons. The number of nitrogens with two attached hydrogens (primary N) is 2. The molecule has 32 heavy (non-hydrogen) atoms. The van der Waals surface area contributed by atoms with Crippen molar-refractivity contribution in [3.8, 4) is 0 Å². The van der Waals surface area contributed by atoms with Gasteiger partial charge in [0.1, 0.15) is 11.6 Å². The molecule has 0 aliphatic carbocycles. The summed E-state index contributed by atoms with van der Waals surface area (Å²) in [6.07, 6.45) is 8.42. The summed E-state index contributed by atoms with van der Waals surface area (Å²) in [5.74, 6) is 1.94. The number of anilines is 2. The van der Waals surface area contributed by atoms with Gasteiger partial charge in [0.05, 0.1) is 24.5 Å². The first-order valence-electron chi connectivity index (χ1n) is 11.7. The molecular formula is C26H32N6. The summed E-state index contributed by atoms with van der Waals surface area (Å²) in [4.78, 5) is 14.5. The maximum Gasteiger partial charge on any atom is 0.150 e. The Balaban J connectivity index is 1.39. The van der Waals surface area contributed by atoms with Gasteiger partial charge in [-0.25, -0.2) is 4.98 Å². The van der Waals surface area contributed by atoms with Gasteiger partial charge in [0.25, 0.3) is 0 Å². The number of hydrogen-bond donors (Lipinski definition) is 2. The van der Waals surface area contributed by atoms with Crippen molar-refractivity contribution in [3.05, 3.63) is 83.2 Å². The van der Waals surface area contributed by atoms with Gasteiger partial charge in [-0.1, -0.05) is 48.5 Å². The molecule has 3 aromatic rings. The van der Waals surface area contributed by atoms with Crippen LogP contribution in [0.15, 0.2) is 60.9 Å². The van der Waals surface area contributed by atoms with E-state index in [1.807, 2.05) is 12.4 Å². The van der Waals surface area contributed by atoms with Crippen molar-refractivity contribution in [3.63, 3.8) is 0 Å². The maximum atomic E-state index is 5.78. The molecule has 2 unspecified atom stereocenters. The highest BCUT2D eigenvalue weighted by molar-refractivity contribution is 5.51. The molecule has 6 nitrogen and oxygen atoms in total. The van der Waals surface area contributed by atoms with Gasteiger partial charge in [-0.05, 0) is 47.9 Å². The van der Waals surface area contributed by atoms with E-state index in [4.69, 9.17) is 16.5 Å². The Morgan fingerprint density at radius 1 is 0.688 bits per heavy atom. The first-order valence-corrected chi connectivity index (χ1v) is 11.7. The molecule has 2 atom stereocenters. The van der Waals surface area contributed by atoms with Crippen LogP contribution >= 0.6 is 0 Å². The lowest BCUT2D eigenvalue weighted by Gasteiger charge is -2.29. The smallest absolute Gasteiger partial charge is 0.150 e. The maximum absolute atomic E-state index is 5.78. The fourth-order valence-electron chi connectivity index (χ4n) is 5.15. The van der Waals surface area contributed by atoms with Crippen LogP contribution in [0.4, 0.5) is 11.6 Å². The summed E-state index contributed by atoms with van der Waals surface area (Å²) in [7, 11) is 0. The van der Waals surface area contributed by atoms with Crippen LogP contribution in [-0.4, -0.2) is 23.1 Å². The van der Waals surface area contributed by atoms with Crippen LogP contribution < -0.4 is 21.3 Å². The van der Waals surface area contributed by atoms with Gasteiger partial charge < -0.3 is 21.3 Å². The summed E-state index contributed by atoms with van der Waals surface area (Å²) in [5.41, 5.74) is 16.5. The largest absolute Gasteiger partial charge is 0.348 e. The fraction of sp³-hybridized carbons (Fsp3) is 0.385. The van der Waals surface area contributed by atoms with Gasteiger partial charge in [0.15, 0.2) is 0 Å². The third-order valence-electron chi connectivity index (χ3n) is 6.90. The van der Waals surface area contributed by atoms with E-state index in [0.29, 0.717) is 25.2 Å². The topological polar surface area (TPSA) is 84.3 Å². The first-order chi connectivity index (χ1) is 15.8. The van der Waals surface area contributed by atoms with E-state index in [1.165, 1.54) is 22.3 Å². The summed E-state index contributed by atoms with van der Waals surface area (Å²) < 4.78 is 0. The Hall–Kier alpha value is -2.96. The minimum absolute atomic E-state index is 0.338. The Bertz CT molecular complexity index is 952. The monoisotopic (exact) mass is 428 g/mol. The Morgan fingerprint density at radius 3 is 1.53 bits per heavy atom. The highest BCUT2D eigenvalue weighted by Gasteiger charge is 2.30. The van der Waals surface area contributed by atoms with Crippen molar-refractivity contribution >= 4 is 11.6 Å². The second kappa shape index (κ2) is 9.27. The number of rotatable bonds is 6. The van der Waals surface area contributed by atoms with E-state index in [-0.39, 0.29) is 0 Å². The molecule has 3 heterocycles. The molecule has 0 saturated carbocycles. The predicted molar refractivity (Wildman–Crippen MR) is 129 cm³/mol. The molecule has 6 heteroatoms. The number of nitrogens with zero attached hydrogens (tertiary/aromatic N) is 4. The van der Waals surface area contributed by atoms with E-state index in [2.05, 4.69) is 63.3 Å². The second-order valence-corrected chi connectivity index (χ2v) is 8.83. The molecule has 2 aromatic carbocycles. The lowest BCUT2D eigenvalue weighted by atomic mass is 10.0. The molecule has 0 amide bonds. The summed E-state index contributed by atoms with van der Waals surface area (Å²) in [6, 6.07) is 18.1. The highest BCUT2D eigenvalue weighted by Crippen LogP contribution is 2.38. The van der Waals surface area contributed by atoms with E-state index in [0.717, 1.165) is 50.4 Å². The SMILES string of the molecule is NCc1ccc(C2CCCN2c2cncc(N3CCCC3c3ccc(CN)cc3)n2)cc1. The average molecular weight is 429 g/mol. The summed E-state index contributed by atoms with van der Waals surface area (Å²) >= 11 is 0. The predicted octanol–water partition coefficient (Wildman–Crippen LogP) is 4.08. The second-order valence-electron chi connectivity index (χ2n) is 8.83. The lowest BCUT2D eigenvalue weighted by Crippen LogP contribution is -2.27. The molecule has 2 aliphatic heterocycles. The Labute approximate surface area is 190 Å². The zero-order valence-corrected chi connectivity index (χ0v) is 18.5. The molecule has 166 valence electrons. The van der Waals surface area contributed by atoms with Gasteiger partial charge in [-0.3, -0.25) is 4.98 Å². The van der Waals surface area contributed by atoms with Crippen LogP contribution in [0.3, 0.4) is 0 Å². The van der Waals surface area contributed by atoms with E-state index < -0.39 is 0 Å². The van der Waals surface area contributed by atoms with Crippen molar-refractivity contribution in [2.24, 2.45) is 11.5 Å². The summed E-state index contributed by atoms with van der Waals surface area (Å²) in [5, 5.41) is 0. The minimum atomic E-state index is 0.338. The quantitative estimate of drug-likeness (QED) is 0.616. The van der Waals surface area contributed by atoms with Crippen molar-refractivity contribution in [1.29, 1.82) is 0 Å². The van der Waals surface area contributed by atoms with Crippen molar-refractivity contribution in [1.82, 2.24) is 9.97 Å². The van der Waals surface area contributed by atoms with Crippen LogP contribution in [0.2, 0.25) is 0 Å². The molecule has 4 N–H and O–H groups in total. The molecule has 0 bridgehead atoms. The zero-order chi connectivity index (χ0) is 21.9. The van der Waals surface area contributed by atoms with Gasteiger partial charge in [-0.2, -0.15) is 0 Å². The lowest BCUT2D eigenvalue weighted by molar-refractivity contribution is 0.695. The van der Waals surface area contributed by atoms with Crippen LogP contribution in [0.5, 0.6) is 0 Å². The third-order valence-corrected chi connectivity index (χ3v) is 6.90. The first kappa shape index (κ1) is 20.9.